The highest BCUT2D eigenvalue weighted by atomic mass is 32.2. The van der Waals surface area contributed by atoms with Crippen molar-refractivity contribution in [3.05, 3.63) is 42.5 Å². The van der Waals surface area contributed by atoms with Crippen molar-refractivity contribution in [2.24, 2.45) is 0 Å². The van der Waals surface area contributed by atoms with Gasteiger partial charge in [0.15, 0.2) is 9.84 Å². The molecule has 19 heavy (non-hydrogen) atoms. The summed E-state index contributed by atoms with van der Waals surface area (Å²) in [6, 6.07) is 7.44. The Balaban J connectivity index is 2.81. The maximum absolute atomic E-state index is 11.4. The van der Waals surface area contributed by atoms with Crippen LogP contribution >= 0.6 is 0 Å². The molecular formula is C15H23NO2S. The van der Waals surface area contributed by atoms with Crippen LogP contribution in [0.2, 0.25) is 0 Å². The van der Waals surface area contributed by atoms with Gasteiger partial charge in [-0.05, 0) is 43.5 Å². The van der Waals surface area contributed by atoms with E-state index in [0.29, 0.717) is 4.90 Å². The Hall–Kier alpha value is -1.13. The fourth-order valence-corrected chi connectivity index (χ4v) is 2.68. The van der Waals surface area contributed by atoms with Gasteiger partial charge in [0, 0.05) is 12.3 Å². The van der Waals surface area contributed by atoms with Crippen LogP contribution in [0.5, 0.6) is 0 Å². The second-order valence-corrected chi connectivity index (χ2v) is 6.69. The highest BCUT2D eigenvalue weighted by Gasteiger charge is 2.11. The molecule has 0 bridgehead atoms. The first-order valence-corrected chi connectivity index (χ1v) is 8.52. The molecule has 0 aliphatic heterocycles. The summed E-state index contributed by atoms with van der Waals surface area (Å²) in [4.78, 5) is 0.373. The second kappa shape index (κ2) is 7.46. The van der Waals surface area contributed by atoms with Crippen molar-refractivity contribution < 1.29 is 8.42 Å². The second-order valence-electron chi connectivity index (χ2n) is 4.67. The van der Waals surface area contributed by atoms with Crippen molar-refractivity contribution >= 4 is 9.84 Å². The molecule has 0 saturated heterocycles. The molecule has 1 aromatic carbocycles. The lowest BCUT2D eigenvalue weighted by molar-refractivity contribution is 0.500. The van der Waals surface area contributed by atoms with Crippen LogP contribution in [0.3, 0.4) is 0 Å². The van der Waals surface area contributed by atoms with Gasteiger partial charge >= 0.3 is 0 Å². The molecule has 106 valence electrons. The normalized spacial score (nSPS) is 13.2. The molecule has 0 heterocycles. The van der Waals surface area contributed by atoms with Crippen LogP contribution in [-0.4, -0.2) is 21.2 Å². The lowest BCUT2D eigenvalue weighted by Gasteiger charge is -2.18. The summed E-state index contributed by atoms with van der Waals surface area (Å²) in [6.07, 6.45) is 6.26. The predicted octanol–water partition coefficient (Wildman–Crippen LogP) is 3.10. The molecule has 0 aliphatic rings. The first kappa shape index (κ1) is 15.9. The zero-order valence-corrected chi connectivity index (χ0v) is 12.5. The number of sulfone groups is 1. The van der Waals surface area contributed by atoms with Crippen molar-refractivity contribution in [3.63, 3.8) is 0 Å². The Labute approximate surface area is 116 Å². The molecule has 0 radical (unpaired) electrons. The molecule has 0 spiro atoms. The molecule has 1 atom stereocenters. The van der Waals surface area contributed by atoms with Crippen LogP contribution in [0.1, 0.15) is 37.8 Å². The number of benzene rings is 1. The van der Waals surface area contributed by atoms with E-state index in [1.54, 1.807) is 12.1 Å². The third-order valence-corrected chi connectivity index (χ3v) is 4.19. The standard InChI is InChI=1S/C15H23NO2S/c1-4-6-7-8-15(16-5-2)13-9-11-14(12-10-13)19(3,17)18/h4,9-12,15-16H,1,5-8H2,2-3H3. The van der Waals surface area contributed by atoms with Gasteiger partial charge in [0.25, 0.3) is 0 Å². The molecule has 1 aromatic rings. The van der Waals surface area contributed by atoms with Gasteiger partial charge < -0.3 is 5.32 Å². The third kappa shape index (κ3) is 5.17. The Kier molecular flexibility index (Phi) is 6.25. The molecule has 0 fully saturated rings. The van der Waals surface area contributed by atoms with E-state index in [2.05, 4.69) is 18.8 Å². The van der Waals surface area contributed by atoms with E-state index in [0.717, 1.165) is 31.4 Å². The van der Waals surface area contributed by atoms with Gasteiger partial charge in [-0.25, -0.2) is 8.42 Å². The lowest BCUT2D eigenvalue weighted by Crippen LogP contribution is -2.20. The Morgan fingerprint density at radius 2 is 1.95 bits per heavy atom. The Morgan fingerprint density at radius 1 is 1.32 bits per heavy atom. The fourth-order valence-electron chi connectivity index (χ4n) is 2.05. The minimum Gasteiger partial charge on any atom is -0.310 e. The van der Waals surface area contributed by atoms with Crippen LogP contribution in [0.4, 0.5) is 0 Å². The van der Waals surface area contributed by atoms with Gasteiger partial charge in [0.1, 0.15) is 0 Å². The minimum atomic E-state index is -3.11. The van der Waals surface area contributed by atoms with E-state index in [1.807, 2.05) is 18.2 Å². The highest BCUT2D eigenvalue weighted by Crippen LogP contribution is 2.21. The van der Waals surface area contributed by atoms with Crippen molar-refractivity contribution in [1.82, 2.24) is 5.32 Å². The Bertz CT molecular complexity index is 491. The minimum absolute atomic E-state index is 0.276. The average Bonchev–Trinajstić information content (AvgIpc) is 2.37. The highest BCUT2D eigenvalue weighted by molar-refractivity contribution is 7.90. The number of nitrogens with one attached hydrogen (secondary N) is 1. The van der Waals surface area contributed by atoms with Crippen molar-refractivity contribution in [1.29, 1.82) is 0 Å². The summed E-state index contributed by atoms with van der Waals surface area (Å²) in [5, 5.41) is 3.43. The molecule has 3 nitrogen and oxygen atoms in total. The van der Waals surface area contributed by atoms with Gasteiger partial charge in [-0.3, -0.25) is 0 Å². The summed E-state index contributed by atoms with van der Waals surface area (Å²) < 4.78 is 22.8. The van der Waals surface area contributed by atoms with Gasteiger partial charge in [0.05, 0.1) is 4.90 Å². The van der Waals surface area contributed by atoms with Gasteiger partial charge in [-0.1, -0.05) is 25.1 Å². The monoisotopic (exact) mass is 281 g/mol. The molecular weight excluding hydrogens is 258 g/mol. The van der Waals surface area contributed by atoms with Crippen molar-refractivity contribution in [2.75, 3.05) is 12.8 Å². The summed E-state index contributed by atoms with van der Waals surface area (Å²) in [5.41, 5.74) is 1.14. The SMILES string of the molecule is C=CCCCC(NCC)c1ccc(S(C)(=O)=O)cc1. The molecule has 1 unspecified atom stereocenters. The van der Waals surface area contributed by atoms with Crippen LogP contribution in [0.15, 0.2) is 41.8 Å². The number of hydrogen-bond acceptors (Lipinski definition) is 3. The zero-order valence-electron chi connectivity index (χ0n) is 11.7. The van der Waals surface area contributed by atoms with Crippen LogP contribution < -0.4 is 5.32 Å². The van der Waals surface area contributed by atoms with Crippen LogP contribution in [0.25, 0.3) is 0 Å². The number of hydrogen-bond donors (Lipinski definition) is 1. The molecule has 0 aliphatic carbocycles. The largest absolute Gasteiger partial charge is 0.310 e. The van der Waals surface area contributed by atoms with Gasteiger partial charge in [-0.2, -0.15) is 0 Å². The number of unbranched alkanes of at least 4 members (excludes halogenated alkanes) is 1. The van der Waals surface area contributed by atoms with E-state index >= 15 is 0 Å². The quantitative estimate of drug-likeness (QED) is 0.588. The smallest absolute Gasteiger partial charge is 0.175 e. The maximum atomic E-state index is 11.4. The fraction of sp³-hybridized carbons (Fsp3) is 0.467. The maximum Gasteiger partial charge on any atom is 0.175 e. The van der Waals surface area contributed by atoms with E-state index in [1.165, 1.54) is 6.26 Å². The predicted molar refractivity (Wildman–Crippen MR) is 80.0 cm³/mol. The first-order valence-electron chi connectivity index (χ1n) is 6.63. The molecule has 1 N–H and O–H groups in total. The average molecular weight is 281 g/mol. The van der Waals surface area contributed by atoms with E-state index < -0.39 is 9.84 Å². The summed E-state index contributed by atoms with van der Waals surface area (Å²) in [6.45, 7) is 6.70. The molecule has 0 amide bonds. The van der Waals surface area contributed by atoms with E-state index in [9.17, 15) is 8.42 Å². The molecule has 4 heteroatoms. The number of allylic oxidation sites excluding steroid dienone is 1. The zero-order chi connectivity index (χ0) is 14.3. The third-order valence-electron chi connectivity index (χ3n) is 3.06. The Morgan fingerprint density at radius 3 is 2.42 bits per heavy atom. The topological polar surface area (TPSA) is 46.2 Å². The van der Waals surface area contributed by atoms with Gasteiger partial charge in [-0.15, -0.1) is 6.58 Å². The molecule has 0 saturated carbocycles. The first-order chi connectivity index (χ1) is 8.99. The summed E-state index contributed by atoms with van der Waals surface area (Å²) >= 11 is 0. The molecule has 1 rings (SSSR count). The van der Waals surface area contributed by atoms with Crippen LogP contribution in [0, 0.1) is 0 Å². The van der Waals surface area contributed by atoms with E-state index in [4.69, 9.17) is 0 Å². The van der Waals surface area contributed by atoms with Crippen LogP contribution in [-0.2, 0) is 9.84 Å². The van der Waals surface area contributed by atoms with E-state index in [-0.39, 0.29) is 6.04 Å². The number of rotatable bonds is 8. The lowest BCUT2D eigenvalue weighted by atomic mass is 10.0. The summed E-state index contributed by atoms with van der Waals surface area (Å²) in [5.74, 6) is 0. The summed E-state index contributed by atoms with van der Waals surface area (Å²) in [7, 11) is -3.11. The molecule has 0 aromatic heterocycles. The van der Waals surface area contributed by atoms with Gasteiger partial charge in [0.2, 0.25) is 0 Å². The van der Waals surface area contributed by atoms with Crippen molar-refractivity contribution in [2.45, 2.75) is 37.1 Å². The van der Waals surface area contributed by atoms with Crippen molar-refractivity contribution in [3.8, 4) is 0 Å².